The fourth-order valence-electron chi connectivity index (χ4n) is 1.42. The van der Waals surface area contributed by atoms with Crippen molar-refractivity contribution in [3.8, 4) is 0 Å². The fourth-order valence-corrected chi connectivity index (χ4v) is 2.04. The van der Waals surface area contributed by atoms with E-state index in [2.05, 4.69) is 44.6 Å². The first-order valence-corrected chi connectivity index (χ1v) is 6.05. The van der Waals surface area contributed by atoms with Gasteiger partial charge in [-0.25, -0.2) is 9.97 Å². The first-order chi connectivity index (χ1) is 7.97. The van der Waals surface area contributed by atoms with E-state index >= 15 is 0 Å². The van der Waals surface area contributed by atoms with Crippen LogP contribution < -0.4 is 0 Å². The van der Waals surface area contributed by atoms with Crippen LogP contribution in [0, 0.1) is 0 Å². The monoisotopic (exact) mass is 231 g/mol. The predicted octanol–water partition coefficient (Wildman–Crippen LogP) is 3.15. The number of nitrogens with zero attached hydrogens (tertiary/aromatic N) is 2. The van der Waals surface area contributed by atoms with Gasteiger partial charge in [0.1, 0.15) is 0 Å². The van der Waals surface area contributed by atoms with Crippen LogP contribution in [0.3, 0.4) is 0 Å². The van der Waals surface area contributed by atoms with Crippen LogP contribution in [0.5, 0.6) is 0 Å². The minimum Gasteiger partial charge on any atom is -0.351 e. The van der Waals surface area contributed by atoms with Gasteiger partial charge in [0, 0.05) is 23.7 Å². The van der Waals surface area contributed by atoms with Gasteiger partial charge in [-0.2, -0.15) is 0 Å². The van der Waals surface area contributed by atoms with E-state index in [9.17, 15) is 0 Å². The van der Waals surface area contributed by atoms with Crippen LogP contribution in [0.4, 0.5) is 0 Å². The van der Waals surface area contributed by atoms with Gasteiger partial charge in [-0.1, -0.05) is 24.3 Å². The van der Waals surface area contributed by atoms with Gasteiger partial charge in [0.2, 0.25) is 0 Å². The summed E-state index contributed by atoms with van der Waals surface area (Å²) in [6.45, 7) is 0. The molecule has 82 valence electrons. The molecule has 1 N–H and O–H groups in total. The number of thiazole rings is 1. The molecule has 1 unspecified atom stereocenters. The Balaban J connectivity index is 0.000000162. The number of aromatic nitrogens is 3. The second-order valence-corrected chi connectivity index (χ2v) is 4.05. The van der Waals surface area contributed by atoms with Gasteiger partial charge in [0.05, 0.1) is 17.5 Å². The highest BCUT2D eigenvalue weighted by atomic mass is 32.1. The minimum absolute atomic E-state index is 0.520. The highest BCUT2D eigenvalue weighted by molar-refractivity contribution is 7.07. The molecule has 3 rings (SSSR count). The number of nitrogens with one attached hydrogen (secondary N) is 1. The molecule has 0 radical (unpaired) electrons. The molecule has 16 heavy (non-hydrogen) atoms. The van der Waals surface area contributed by atoms with Crippen LogP contribution in [0.1, 0.15) is 18.0 Å². The summed E-state index contributed by atoms with van der Waals surface area (Å²) in [6, 6.07) is 0. The number of imidazole rings is 1. The number of hydrogen-bond acceptors (Lipinski definition) is 3. The van der Waals surface area contributed by atoms with Crippen molar-refractivity contribution in [1.29, 1.82) is 0 Å². The Kier molecular flexibility index (Phi) is 4.08. The summed E-state index contributed by atoms with van der Waals surface area (Å²) in [5, 5.41) is 2.12. The van der Waals surface area contributed by atoms with E-state index in [4.69, 9.17) is 0 Å². The Bertz CT molecular complexity index is 412. The minimum atomic E-state index is 0.520. The van der Waals surface area contributed by atoms with Crippen LogP contribution in [0.15, 0.2) is 53.9 Å². The number of aromatic amines is 1. The summed E-state index contributed by atoms with van der Waals surface area (Å²) in [4.78, 5) is 10.7. The van der Waals surface area contributed by atoms with E-state index in [0.29, 0.717) is 5.92 Å². The van der Waals surface area contributed by atoms with Crippen molar-refractivity contribution < 1.29 is 0 Å². The lowest BCUT2D eigenvalue weighted by atomic mass is 9.98. The quantitative estimate of drug-likeness (QED) is 0.819. The molecule has 0 amide bonds. The van der Waals surface area contributed by atoms with Gasteiger partial charge in [-0.15, -0.1) is 11.3 Å². The molecule has 0 aromatic carbocycles. The largest absolute Gasteiger partial charge is 0.351 e. The Morgan fingerprint density at radius 2 is 2.38 bits per heavy atom. The zero-order valence-electron chi connectivity index (χ0n) is 8.78. The lowest BCUT2D eigenvalue weighted by Crippen LogP contribution is -1.95. The number of rotatable bonds is 1. The van der Waals surface area contributed by atoms with Crippen molar-refractivity contribution in [3.05, 3.63) is 59.6 Å². The summed E-state index contributed by atoms with van der Waals surface area (Å²) in [6.07, 6.45) is 14.7. The van der Waals surface area contributed by atoms with Crippen molar-refractivity contribution in [1.82, 2.24) is 15.0 Å². The van der Waals surface area contributed by atoms with Gasteiger partial charge >= 0.3 is 0 Å². The Hall–Kier alpha value is -1.68. The Morgan fingerprint density at radius 1 is 1.38 bits per heavy atom. The van der Waals surface area contributed by atoms with Crippen LogP contribution in [0.25, 0.3) is 0 Å². The first-order valence-electron chi connectivity index (χ1n) is 5.11. The zero-order chi connectivity index (χ0) is 11.1. The maximum Gasteiger partial charge on any atom is 0.0919 e. The fraction of sp³-hybridized carbons (Fsp3) is 0.167. The van der Waals surface area contributed by atoms with Crippen LogP contribution in [-0.4, -0.2) is 15.0 Å². The number of hydrogen-bond donors (Lipinski definition) is 1. The molecule has 3 nitrogen and oxygen atoms in total. The third-order valence-corrected chi connectivity index (χ3v) is 2.82. The number of H-pyrrole nitrogens is 1. The molecule has 2 aromatic heterocycles. The second kappa shape index (κ2) is 6.02. The summed E-state index contributed by atoms with van der Waals surface area (Å²) >= 11 is 1.66. The van der Waals surface area contributed by atoms with E-state index < -0.39 is 0 Å². The van der Waals surface area contributed by atoms with E-state index in [1.54, 1.807) is 30.1 Å². The average Bonchev–Trinajstić information content (AvgIpc) is 3.07. The van der Waals surface area contributed by atoms with E-state index in [0.717, 1.165) is 6.42 Å². The summed E-state index contributed by atoms with van der Waals surface area (Å²) in [7, 11) is 0. The summed E-state index contributed by atoms with van der Waals surface area (Å²) in [5.74, 6) is 0.520. The van der Waals surface area contributed by atoms with E-state index in [1.807, 2.05) is 5.51 Å². The van der Waals surface area contributed by atoms with Crippen molar-refractivity contribution in [2.24, 2.45) is 0 Å². The normalized spacial score (nSPS) is 17.9. The molecule has 0 bridgehead atoms. The van der Waals surface area contributed by atoms with Gasteiger partial charge in [-0.3, -0.25) is 0 Å². The molecule has 0 aliphatic heterocycles. The van der Waals surface area contributed by atoms with Crippen molar-refractivity contribution >= 4 is 11.3 Å². The maximum atomic E-state index is 4.27. The zero-order valence-corrected chi connectivity index (χ0v) is 9.60. The third-order valence-electron chi connectivity index (χ3n) is 2.22. The molecular weight excluding hydrogens is 218 g/mol. The van der Waals surface area contributed by atoms with Crippen LogP contribution >= 0.6 is 11.3 Å². The first kappa shape index (κ1) is 10.8. The lowest BCUT2D eigenvalue weighted by molar-refractivity contribution is 0.825. The molecule has 0 fully saturated rings. The topological polar surface area (TPSA) is 41.6 Å². The maximum absolute atomic E-state index is 4.27. The van der Waals surface area contributed by atoms with Crippen molar-refractivity contribution in [2.45, 2.75) is 12.3 Å². The highest BCUT2D eigenvalue weighted by Crippen LogP contribution is 2.23. The summed E-state index contributed by atoms with van der Waals surface area (Å²) in [5.41, 5.74) is 3.09. The predicted molar refractivity (Wildman–Crippen MR) is 66.3 cm³/mol. The van der Waals surface area contributed by atoms with Gasteiger partial charge in [-0.05, 0) is 6.42 Å². The summed E-state index contributed by atoms with van der Waals surface area (Å²) < 4.78 is 0. The molecule has 1 atom stereocenters. The molecule has 0 saturated heterocycles. The van der Waals surface area contributed by atoms with Gasteiger partial charge < -0.3 is 4.98 Å². The lowest BCUT2D eigenvalue weighted by Gasteiger charge is -2.08. The average molecular weight is 231 g/mol. The third kappa shape index (κ3) is 3.17. The number of allylic oxidation sites excluding steroid dienone is 4. The molecule has 0 spiro atoms. The van der Waals surface area contributed by atoms with Crippen LogP contribution in [-0.2, 0) is 0 Å². The molecule has 2 aromatic rings. The molecule has 4 heteroatoms. The molecule has 1 aliphatic carbocycles. The van der Waals surface area contributed by atoms with Crippen LogP contribution in [0.2, 0.25) is 0 Å². The van der Waals surface area contributed by atoms with Gasteiger partial charge in [0.15, 0.2) is 0 Å². The van der Waals surface area contributed by atoms with Crippen molar-refractivity contribution in [3.63, 3.8) is 0 Å². The van der Waals surface area contributed by atoms with Gasteiger partial charge in [0.25, 0.3) is 0 Å². The Labute approximate surface area is 98.6 Å². The van der Waals surface area contributed by atoms with E-state index in [-0.39, 0.29) is 0 Å². The molecular formula is C12H13N3S. The standard InChI is InChI=1S/C9H9NS.C3H4N2/c1-2-4-8(5-3-1)9-6-11-7-10-9;1-2-5-3-4-1/h1-4,6-8H,5H2;1-3H,(H,4,5). The smallest absolute Gasteiger partial charge is 0.0919 e. The highest BCUT2D eigenvalue weighted by Gasteiger charge is 2.08. The molecule has 0 saturated carbocycles. The molecule has 2 heterocycles. The van der Waals surface area contributed by atoms with Crippen molar-refractivity contribution in [2.75, 3.05) is 0 Å². The SMILES string of the molecule is C1=CCC(c2cscn2)C=C1.c1c[nH]cn1. The molecule has 1 aliphatic rings. The van der Waals surface area contributed by atoms with E-state index in [1.165, 1.54) is 5.69 Å². The Morgan fingerprint density at radius 3 is 2.88 bits per heavy atom. The second-order valence-electron chi connectivity index (χ2n) is 3.33.